The highest BCUT2D eigenvalue weighted by Crippen LogP contribution is 2.30. The number of rotatable bonds is 6. The Hall–Kier alpha value is -2.97. The van der Waals surface area contributed by atoms with Crippen molar-refractivity contribution in [2.24, 2.45) is 0 Å². The number of ether oxygens (including phenoxy) is 1. The summed E-state index contributed by atoms with van der Waals surface area (Å²) < 4.78 is 10.5. The van der Waals surface area contributed by atoms with Gasteiger partial charge in [-0.25, -0.2) is 9.78 Å². The number of hydrogen-bond acceptors (Lipinski definition) is 8. The second-order valence-corrected chi connectivity index (χ2v) is 8.48. The molecule has 0 bridgehead atoms. The van der Waals surface area contributed by atoms with Crippen LogP contribution in [0.1, 0.15) is 27.2 Å². The summed E-state index contributed by atoms with van der Waals surface area (Å²) in [4.78, 5) is 16.2. The lowest BCUT2D eigenvalue weighted by Crippen LogP contribution is -2.00. The summed E-state index contributed by atoms with van der Waals surface area (Å²) in [5.74, 6) is 0.808. The summed E-state index contributed by atoms with van der Waals surface area (Å²) in [7, 11) is 1.37. The van der Waals surface area contributed by atoms with Crippen molar-refractivity contribution in [3.63, 3.8) is 0 Å². The van der Waals surface area contributed by atoms with E-state index in [1.54, 1.807) is 23.5 Å². The van der Waals surface area contributed by atoms with E-state index >= 15 is 0 Å². The van der Waals surface area contributed by atoms with E-state index in [0.717, 1.165) is 27.4 Å². The first kappa shape index (κ1) is 20.3. The zero-order valence-electron chi connectivity index (χ0n) is 16.7. The fourth-order valence-corrected chi connectivity index (χ4v) is 4.53. The summed E-state index contributed by atoms with van der Waals surface area (Å²) in [5.41, 5.74) is 5.67. The Morgan fingerprint density at radius 1 is 1.13 bits per heavy atom. The van der Waals surface area contributed by atoms with Crippen molar-refractivity contribution in [3.05, 3.63) is 70.2 Å². The number of hydrogen-bond donors (Lipinski definition) is 0. The van der Waals surface area contributed by atoms with Crippen molar-refractivity contribution in [2.45, 2.75) is 24.8 Å². The van der Waals surface area contributed by atoms with Crippen molar-refractivity contribution in [1.29, 1.82) is 0 Å². The number of thiazole rings is 1. The average molecular weight is 438 g/mol. The first-order valence-corrected chi connectivity index (χ1v) is 11.1. The largest absolute Gasteiger partial charge is 0.465 e. The van der Waals surface area contributed by atoms with Crippen LogP contribution in [0.2, 0.25) is 0 Å². The first-order chi connectivity index (χ1) is 14.5. The molecule has 4 aromatic rings. The van der Waals surface area contributed by atoms with Gasteiger partial charge in [-0.1, -0.05) is 41.6 Å². The molecule has 0 radical (unpaired) electrons. The lowest BCUT2D eigenvalue weighted by atomic mass is 10.1. The molecule has 0 N–H and O–H groups in total. The molecule has 30 heavy (non-hydrogen) atoms. The summed E-state index contributed by atoms with van der Waals surface area (Å²) in [6, 6.07) is 13.4. The number of benzene rings is 2. The van der Waals surface area contributed by atoms with Gasteiger partial charge in [-0.2, -0.15) is 0 Å². The standard InChI is InChI=1S/C22H19N3O3S2/c1-13-4-9-18(14(2)10-13)19-24-25-22(28-19)30-12-17-11-29-20(23-17)15-5-7-16(8-6-15)21(26)27-3/h4-11H,12H2,1-3H3. The lowest BCUT2D eigenvalue weighted by molar-refractivity contribution is 0.0600. The van der Waals surface area contributed by atoms with Crippen LogP contribution in [0.25, 0.3) is 22.0 Å². The fourth-order valence-electron chi connectivity index (χ4n) is 2.94. The van der Waals surface area contributed by atoms with E-state index in [9.17, 15) is 4.79 Å². The fraction of sp³-hybridized carbons (Fsp3) is 0.182. The van der Waals surface area contributed by atoms with Crippen LogP contribution in [-0.2, 0) is 10.5 Å². The number of esters is 1. The summed E-state index contributed by atoms with van der Waals surface area (Å²) in [6.45, 7) is 4.09. The van der Waals surface area contributed by atoms with Crippen molar-refractivity contribution in [2.75, 3.05) is 7.11 Å². The van der Waals surface area contributed by atoms with Gasteiger partial charge < -0.3 is 9.15 Å². The highest BCUT2D eigenvalue weighted by molar-refractivity contribution is 7.98. The number of carbonyl (C=O) groups is 1. The van der Waals surface area contributed by atoms with Crippen LogP contribution in [0.15, 0.2) is 57.5 Å². The van der Waals surface area contributed by atoms with Crippen molar-refractivity contribution in [3.8, 4) is 22.0 Å². The Kier molecular flexibility index (Phi) is 5.96. The number of carbonyl (C=O) groups excluding carboxylic acids is 1. The minimum absolute atomic E-state index is 0.350. The minimum atomic E-state index is -0.350. The van der Waals surface area contributed by atoms with Gasteiger partial charge in [-0.15, -0.1) is 21.5 Å². The summed E-state index contributed by atoms with van der Waals surface area (Å²) >= 11 is 3.01. The number of methoxy groups -OCH3 is 1. The summed E-state index contributed by atoms with van der Waals surface area (Å²) in [5, 5.41) is 11.7. The normalized spacial score (nSPS) is 10.9. The zero-order valence-corrected chi connectivity index (χ0v) is 18.3. The second-order valence-electron chi connectivity index (χ2n) is 6.69. The van der Waals surface area contributed by atoms with E-state index in [0.29, 0.717) is 22.4 Å². The Labute approximate surface area is 182 Å². The van der Waals surface area contributed by atoms with Crippen molar-refractivity contribution < 1.29 is 13.9 Å². The highest BCUT2D eigenvalue weighted by atomic mass is 32.2. The molecular formula is C22H19N3O3S2. The third kappa shape index (κ3) is 4.44. The second kappa shape index (κ2) is 8.81. The van der Waals surface area contributed by atoms with E-state index in [2.05, 4.69) is 28.2 Å². The van der Waals surface area contributed by atoms with Crippen LogP contribution in [0.5, 0.6) is 0 Å². The smallest absolute Gasteiger partial charge is 0.337 e. The van der Waals surface area contributed by atoms with Gasteiger partial charge in [0.2, 0.25) is 5.89 Å². The number of aryl methyl sites for hydroxylation is 2. The van der Waals surface area contributed by atoms with Gasteiger partial charge in [0.05, 0.1) is 18.4 Å². The topological polar surface area (TPSA) is 78.1 Å². The lowest BCUT2D eigenvalue weighted by Gasteiger charge is -2.01. The van der Waals surface area contributed by atoms with Gasteiger partial charge in [-0.05, 0) is 37.6 Å². The Morgan fingerprint density at radius 3 is 2.67 bits per heavy atom. The van der Waals surface area contributed by atoms with Crippen LogP contribution < -0.4 is 0 Å². The molecule has 0 spiro atoms. The number of aromatic nitrogens is 3. The van der Waals surface area contributed by atoms with Gasteiger partial charge in [0.1, 0.15) is 5.01 Å². The van der Waals surface area contributed by atoms with Crippen molar-refractivity contribution >= 4 is 29.1 Å². The van der Waals surface area contributed by atoms with Gasteiger partial charge in [0, 0.05) is 22.3 Å². The van der Waals surface area contributed by atoms with Crippen LogP contribution in [-0.4, -0.2) is 28.3 Å². The molecule has 0 unspecified atom stereocenters. The average Bonchev–Trinajstić information content (AvgIpc) is 3.41. The molecule has 6 nitrogen and oxygen atoms in total. The maximum atomic E-state index is 11.6. The quantitative estimate of drug-likeness (QED) is 0.289. The predicted molar refractivity (Wildman–Crippen MR) is 118 cm³/mol. The molecule has 0 aliphatic heterocycles. The van der Waals surface area contributed by atoms with E-state index < -0.39 is 0 Å². The molecule has 4 rings (SSSR count). The maximum absolute atomic E-state index is 11.6. The van der Waals surface area contributed by atoms with Gasteiger partial charge in [0.25, 0.3) is 5.22 Å². The molecule has 0 amide bonds. The van der Waals surface area contributed by atoms with Crippen LogP contribution >= 0.6 is 23.1 Å². The third-order valence-electron chi connectivity index (χ3n) is 4.47. The molecule has 0 saturated heterocycles. The third-order valence-corrected chi connectivity index (χ3v) is 6.26. The highest BCUT2D eigenvalue weighted by Gasteiger charge is 2.13. The molecule has 0 atom stereocenters. The van der Waals surface area contributed by atoms with Gasteiger partial charge in [0.15, 0.2) is 0 Å². The molecule has 2 aromatic heterocycles. The summed E-state index contributed by atoms with van der Waals surface area (Å²) in [6.07, 6.45) is 0. The monoisotopic (exact) mass is 437 g/mol. The van der Waals surface area contributed by atoms with Gasteiger partial charge >= 0.3 is 5.97 Å². The minimum Gasteiger partial charge on any atom is -0.465 e. The molecular weight excluding hydrogens is 418 g/mol. The van der Waals surface area contributed by atoms with Crippen LogP contribution in [0.3, 0.4) is 0 Å². The van der Waals surface area contributed by atoms with Gasteiger partial charge in [-0.3, -0.25) is 0 Å². The molecule has 2 heterocycles. The zero-order chi connectivity index (χ0) is 21.1. The molecule has 8 heteroatoms. The Morgan fingerprint density at radius 2 is 1.93 bits per heavy atom. The Bertz CT molecular complexity index is 1180. The molecule has 0 saturated carbocycles. The number of nitrogens with zero attached hydrogens (tertiary/aromatic N) is 3. The van der Waals surface area contributed by atoms with Crippen LogP contribution in [0.4, 0.5) is 0 Å². The first-order valence-electron chi connectivity index (χ1n) is 9.20. The molecule has 152 valence electrons. The van der Waals surface area contributed by atoms with E-state index in [-0.39, 0.29) is 5.97 Å². The van der Waals surface area contributed by atoms with Crippen LogP contribution in [0, 0.1) is 13.8 Å². The Balaban J connectivity index is 1.41. The molecule has 0 aliphatic rings. The van der Waals surface area contributed by atoms with E-state index in [1.807, 2.05) is 36.6 Å². The maximum Gasteiger partial charge on any atom is 0.337 e. The molecule has 2 aromatic carbocycles. The SMILES string of the molecule is COC(=O)c1ccc(-c2nc(CSc3nnc(-c4ccc(C)cc4C)o3)cs2)cc1. The van der Waals surface area contributed by atoms with Crippen molar-refractivity contribution in [1.82, 2.24) is 15.2 Å². The predicted octanol–water partition coefficient (Wildman–Crippen LogP) is 5.56. The number of thioether (sulfide) groups is 1. The molecule has 0 aliphatic carbocycles. The van der Waals surface area contributed by atoms with E-state index in [4.69, 9.17) is 9.15 Å². The molecule has 0 fully saturated rings. The van der Waals surface area contributed by atoms with E-state index in [1.165, 1.54) is 24.4 Å².